The molecule has 0 saturated carbocycles. The molecule has 0 bridgehead atoms. The van der Waals surface area contributed by atoms with Gasteiger partial charge >= 0.3 is 6.03 Å². The van der Waals surface area contributed by atoms with Crippen molar-refractivity contribution in [3.05, 3.63) is 65.5 Å². The summed E-state index contributed by atoms with van der Waals surface area (Å²) in [6.45, 7) is 0.542. The molecule has 0 saturated heterocycles. The van der Waals surface area contributed by atoms with E-state index in [-0.39, 0.29) is 6.03 Å². The number of carbonyl (C=O) groups is 1. The molecule has 2 heterocycles. The normalized spacial score (nSPS) is 10.8. The Morgan fingerprint density at radius 2 is 1.88 bits per heavy atom. The number of carbonyl (C=O) groups excluding carboxylic acids is 1. The minimum atomic E-state index is -0.198. The van der Waals surface area contributed by atoms with Crippen molar-refractivity contribution < 1.29 is 4.79 Å². The lowest BCUT2D eigenvalue weighted by molar-refractivity contribution is 0.221. The molecule has 4 aromatic rings. The Labute approximate surface area is 159 Å². The van der Waals surface area contributed by atoms with Crippen LogP contribution in [0.15, 0.2) is 60.0 Å². The quantitative estimate of drug-likeness (QED) is 0.537. The van der Waals surface area contributed by atoms with E-state index in [0.29, 0.717) is 17.5 Å². The molecule has 0 aliphatic heterocycles. The molecule has 4 rings (SSSR count). The van der Waals surface area contributed by atoms with E-state index in [4.69, 9.17) is 0 Å². The summed E-state index contributed by atoms with van der Waals surface area (Å²) < 4.78 is 5.54. The fourth-order valence-corrected chi connectivity index (χ4v) is 4.18. The first-order valence-corrected chi connectivity index (χ1v) is 9.72. The van der Waals surface area contributed by atoms with E-state index in [2.05, 4.69) is 32.2 Å². The van der Waals surface area contributed by atoms with Crippen molar-refractivity contribution in [1.29, 1.82) is 0 Å². The third-order valence-electron chi connectivity index (χ3n) is 3.99. The highest BCUT2D eigenvalue weighted by Gasteiger charge is 2.14. The number of hydrogen-bond acceptors (Lipinski definition) is 5. The highest BCUT2D eigenvalue weighted by molar-refractivity contribution is 7.17. The molecule has 130 valence electrons. The van der Waals surface area contributed by atoms with Gasteiger partial charge in [-0.05, 0) is 22.4 Å². The molecule has 0 aliphatic carbocycles. The summed E-state index contributed by atoms with van der Waals surface area (Å²) in [5, 5.41) is 6.62. The smallest absolute Gasteiger partial charge is 0.323 e. The molecule has 2 aromatic heterocycles. The highest BCUT2D eigenvalue weighted by Crippen LogP contribution is 2.27. The second-order valence-electron chi connectivity index (χ2n) is 5.83. The molecule has 5 nitrogen and oxygen atoms in total. The highest BCUT2D eigenvalue weighted by atomic mass is 32.1. The molecule has 2 amide bonds. The average molecular weight is 380 g/mol. The van der Waals surface area contributed by atoms with Gasteiger partial charge in [0.15, 0.2) is 5.82 Å². The minimum absolute atomic E-state index is 0.198. The van der Waals surface area contributed by atoms with Crippen molar-refractivity contribution >= 4 is 44.1 Å². The van der Waals surface area contributed by atoms with Gasteiger partial charge in [0.25, 0.3) is 0 Å². The number of rotatable bonds is 4. The van der Waals surface area contributed by atoms with Gasteiger partial charge in [-0.15, -0.1) is 11.3 Å². The Bertz CT molecular complexity index is 1040. The summed E-state index contributed by atoms with van der Waals surface area (Å²) in [5.74, 6) is 0.623. The first-order valence-electron chi connectivity index (χ1n) is 8.07. The number of thiophene rings is 1. The molecule has 0 atom stereocenters. The van der Waals surface area contributed by atoms with Gasteiger partial charge < -0.3 is 4.90 Å². The standard InChI is InChI=1S/C19H16N4OS2/c1-23(11-14-12-25-16-10-6-5-9-15(14)16)19(24)21-18-20-17(22-26-18)13-7-3-2-4-8-13/h2-10,12H,11H2,1H3,(H,20,21,22,24). The van der Waals surface area contributed by atoms with Gasteiger partial charge in [-0.3, -0.25) is 5.32 Å². The monoisotopic (exact) mass is 380 g/mol. The number of nitrogens with one attached hydrogen (secondary N) is 1. The Kier molecular flexibility index (Phi) is 4.64. The van der Waals surface area contributed by atoms with Gasteiger partial charge in [0, 0.05) is 35.4 Å². The zero-order chi connectivity index (χ0) is 17.9. The summed E-state index contributed by atoms with van der Waals surface area (Å²) >= 11 is 2.88. The van der Waals surface area contributed by atoms with Crippen molar-refractivity contribution in [2.75, 3.05) is 12.4 Å². The largest absolute Gasteiger partial charge is 0.323 e. The van der Waals surface area contributed by atoms with E-state index in [9.17, 15) is 4.79 Å². The maximum Gasteiger partial charge on any atom is 0.323 e. The lowest BCUT2D eigenvalue weighted by Crippen LogP contribution is -2.30. The Morgan fingerprint density at radius 1 is 1.12 bits per heavy atom. The van der Waals surface area contributed by atoms with Gasteiger partial charge in [0.1, 0.15) is 0 Å². The third-order valence-corrected chi connectivity index (χ3v) is 5.63. The number of urea groups is 1. The number of benzene rings is 2. The number of anilines is 1. The van der Waals surface area contributed by atoms with Crippen LogP contribution in [0.3, 0.4) is 0 Å². The Hall–Kier alpha value is -2.77. The molecule has 26 heavy (non-hydrogen) atoms. The van der Waals surface area contributed by atoms with Gasteiger partial charge in [-0.25, -0.2) is 4.79 Å². The van der Waals surface area contributed by atoms with E-state index < -0.39 is 0 Å². The van der Waals surface area contributed by atoms with E-state index in [0.717, 1.165) is 11.1 Å². The number of amides is 2. The molecule has 0 radical (unpaired) electrons. The minimum Gasteiger partial charge on any atom is -0.323 e. The summed E-state index contributed by atoms with van der Waals surface area (Å²) in [7, 11) is 1.78. The lowest BCUT2D eigenvalue weighted by Gasteiger charge is -2.16. The van der Waals surface area contributed by atoms with Crippen LogP contribution in [0.2, 0.25) is 0 Å². The molecule has 0 spiro atoms. The van der Waals surface area contributed by atoms with Crippen molar-refractivity contribution in [2.45, 2.75) is 6.54 Å². The maximum absolute atomic E-state index is 12.5. The lowest BCUT2D eigenvalue weighted by atomic mass is 10.2. The number of nitrogens with zero attached hydrogens (tertiary/aromatic N) is 3. The predicted octanol–water partition coefficient (Wildman–Crippen LogP) is 5.08. The molecule has 0 aliphatic rings. The fraction of sp³-hybridized carbons (Fsp3) is 0.105. The van der Waals surface area contributed by atoms with E-state index in [1.807, 2.05) is 42.5 Å². The van der Waals surface area contributed by atoms with Crippen LogP contribution in [0, 0.1) is 0 Å². The number of aromatic nitrogens is 2. The first kappa shape index (κ1) is 16.7. The SMILES string of the molecule is CN(Cc1csc2ccccc12)C(=O)Nc1nc(-c2ccccc2)ns1. The molecule has 1 N–H and O–H groups in total. The van der Waals surface area contributed by atoms with Crippen LogP contribution >= 0.6 is 22.9 Å². The summed E-state index contributed by atoms with van der Waals surface area (Å²) in [5.41, 5.74) is 2.08. The summed E-state index contributed by atoms with van der Waals surface area (Å²) in [6.07, 6.45) is 0. The fourth-order valence-electron chi connectivity index (χ4n) is 2.65. The van der Waals surface area contributed by atoms with Crippen LogP contribution < -0.4 is 5.32 Å². The zero-order valence-electron chi connectivity index (χ0n) is 14.0. The molecular formula is C19H16N4OS2. The van der Waals surface area contributed by atoms with Gasteiger partial charge in [0.2, 0.25) is 5.13 Å². The van der Waals surface area contributed by atoms with Crippen molar-refractivity contribution in [2.24, 2.45) is 0 Å². The van der Waals surface area contributed by atoms with Crippen LogP contribution in [0.4, 0.5) is 9.93 Å². The summed E-state index contributed by atoms with van der Waals surface area (Å²) in [6, 6.07) is 17.7. The number of fused-ring (bicyclic) bond motifs is 1. The average Bonchev–Trinajstić information content (AvgIpc) is 3.30. The van der Waals surface area contributed by atoms with Gasteiger partial charge in [0.05, 0.1) is 0 Å². The van der Waals surface area contributed by atoms with E-state index >= 15 is 0 Å². The summed E-state index contributed by atoms with van der Waals surface area (Å²) in [4.78, 5) is 18.5. The van der Waals surface area contributed by atoms with Crippen LogP contribution in [0.25, 0.3) is 21.5 Å². The van der Waals surface area contributed by atoms with Gasteiger partial charge in [-0.2, -0.15) is 9.36 Å². The zero-order valence-corrected chi connectivity index (χ0v) is 15.7. The molecular weight excluding hydrogens is 364 g/mol. The number of hydrogen-bond donors (Lipinski definition) is 1. The second kappa shape index (κ2) is 7.23. The maximum atomic E-state index is 12.5. The molecule has 2 aromatic carbocycles. The molecule has 7 heteroatoms. The third kappa shape index (κ3) is 3.44. The first-order chi connectivity index (χ1) is 12.7. The van der Waals surface area contributed by atoms with Crippen molar-refractivity contribution in [1.82, 2.24) is 14.3 Å². The topological polar surface area (TPSA) is 58.1 Å². The van der Waals surface area contributed by atoms with Gasteiger partial charge in [-0.1, -0.05) is 48.5 Å². The van der Waals surface area contributed by atoms with E-state index in [1.54, 1.807) is 23.3 Å². The van der Waals surface area contributed by atoms with E-state index in [1.165, 1.54) is 21.6 Å². The Balaban J connectivity index is 1.44. The van der Waals surface area contributed by atoms with Crippen LogP contribution in [-0.2, 0) is 6.54 Å². The van der Waals surface area contributed by atoms with Crippen LogP contribution in [0.5, 0.6) is 0 Å². The van der Waals surface area contributed by atoms with Crippen molar-refractivity contribution in [3.8, 4) is 11.4 Å². The Morgan fingerprint density at radius 3 is 2.73 bits per heavy atom. The van der Waals surface area contributed by atoms with Crippen molar-refractivity contribution in [3.63, 3.8) is 0 Å². The molecule has 0 fully saturated rings. The van der Waals surface area contributed by atoms with Crippen LogP contribution in [-0.4, -0.2) is 27.3 Å². The van der Waals surface area contributed by atoms with Crippen LogP contribution in [0.1, 0.15) is 5.56 Å². The second-order valence-corrected chi connectivity index (χ2v) is 7.50. The molecule has 0 unspecified atom stereocenters. The predicted molar refractivity (Wildman–Crippen MR) is 108 cm³/mol.